The second-order valence-corrected chi connectivity index (χ2v) is 22.6. The van der Waals surface area contributed by atoms with Gasteiger partial charge in [0.15, 0.2) is 0 Å². The molecule has 0 radical (unpaired) electrons. The quantitative estimate of drug-likeness (QED) is 0.106. The molecular formula is C47H54F5N3O4Si. The van der Waals surface area contributed by atoms with Gasteiger partial charge in [-0.3, -0.25) is 4.90 Å². The first-order chi connectivity index (χ1) is 28.2. The van der Waals surface area contributed by atoms with Gasteiger partial charge in [-0.1, -0.05) is 81.4 Å². The van der Waals surface area contributed by atoms with Gasteiger partial charge in [0, 0.05) is 54.3 Å². The van der Waals surface area contributed by atoms with Gasteiger partial charge in [0.1, 0.15) is 23.1 Å². The molecule has 0 spiro atoms. The number of aromatic amines is 1. The van der Waals surface area contributed by atoms with Crippen LogP contribution in [0.3, 0.4) is 0 Å². The minimum absolute atomic E-state index is 0.212. The topological polar surface area (TPSA) is 67.0 Å². The van der Waals surface area contributed by atoms with Crippen LogP contribution in [0, 0.1) is 23.4 Å². The highest BCUT2D eigenvalue weighted by atomic mass is 28.4. The maximum atomic E-state index is 16.9. The van der Waals surface area contributed by atoms with E-state index < -0.39 is 85.3 Å². The fourth-order valence-corrected chi connectivity index (χ4v) is 13.8. The minimum Gasteiger partial charge on any atom is -0.444 e. The summed E-state index contributed by atoms with van der Waals surface area (Å²) in [4.78, 5) is 18.8. The first-order valence-electron chi connectivity index (χ1n) is 20.4. The lowest BCUT2D eigenvalue weighted by molar-refractivity contribution is -0.0825. The largest absolute Gasteiger partial charge is 0.444 e. The Labute approximate surface area is 349 Å². The zero-order valence-electron chi connectivity index (χ0n) is 35.4. The number of rotatable bonds is 11. The van der Waals surface area contributed by atoms with Gasteiger partial charge in [0.05, 0.1) is 25.3 Å². The van der Waals surface area contributed by atoms with Crippen LogP contribution in [0.25, 0.3) is 10.9 Å². The number of methoxy groups -OCH3 is 1. The van der Waals surface area contributed by atoms with Crippen molar-refractivity contribution < 1.29 is 40.6 Å². The predicted octanol–water partition coefficient (Wildman–Crippen LogP) is 9.69. The number of halogens is 5. The molecular weight excluding hydrogens is 794 g/mol. The summed E-state index contributed by atoms with van der Waals surface area (Å²) in [6.45, 7) is 11.7. The van der Waals surface area contributed by atoms with Crippen molar-refractivity contribution in [2.24, 2.45) is 5.92 Å². The fraction of sp³-hybridized carbons (Fsp3) is 0.426. The molecule has 5 aromatic rings. The number of hydrogen-bond acceptors (Lipinski definition) is 5. The second-order valence-electron chi connectivity index (χ2n) is 18.3. The Morgan fingerprint density at radius 3 is 1.98 bits per heavy atom. The lowest BCUT2D eigenvalue weighted by atomic mass is 9.85. The molecule has 1 N–H and O–H groups in total. The van der Waals surface area contributed by atoms with Crippen LogP contribution < -0.4 is 10.4 Å². The van der Waals surface area contributed by atoms with Crippen molar-refractivity contribution in [1.29, 1.82) is 0 Å². The van der Waals surface area contributed by atoms with Crippen LogP contribution in [-0.2, 0) is 20.3 Å². The number of aromatic nitrogens is 1. The third kappa shape index (κ3) is 8.38. The van der Waals surface area contributed by atoms with Crippen LogP contribution in [0.15, 0.2) is 91.0 Å². The molecule has 1 fully saturated rings. The molecule has 0 bridgehead atoms. The maximum Gasteiger partial charge on any atom is 0.410 e. The average Bonchev–Trinajstić information content (AvgIpc) is 3.50. The molecule has 3 heterocycles. The van der Waals surface area contributed by atoms with Crippen LogP contribution in [-0.4, -0.2) is 80.1 Å². The average molecular weight is 848 g/mol. The SMILES string of the molecule is COC(c1cc(F)c([C@@H]2c3[nH]c4ccc(F)cc4c3C[C@@H](C)N2CC(F)(F)CO[Si](c2ccccc2)(c2ccccc2)C(C)(C)C)c(F)c1)C1CN(C(=O)OC(C)(C)C)C1. The molecule has 1 amide bonds. The van der Waals surface area contributed by atoms with Gasteiger partial charge < -0.3 is 23.8 Å². The third-order valence-corrected chi connectivity index (χ3v) is 16.8. The number of nitrogens with zero attached hydrogens (tertiary/aromatic N) is 2. The Balaban J connectivity index is 1.24. The Hall–Kier alpha value is -4.56. The number of benzene rings is 4. The highest BCUT2D eigenvalue weighted by molar-refractivity contribution is 6.99. The molecule has 13 heteroatoms. The number of likely N-dealkylation sites (tertiary alicyclic amines) is 1. The van der Waals surface area contributed by atoms with Gasteiger partial charge in [0.2, 0.25) is 0 Å². The van der Waals surface area contributed by atoms with E-state index in [1.165, 1.54) is 41.2 Å². The summed E-state index contributed by atoms with van der Waals surface area (Å²) >= 11 is 0. The molecule has 7 nitrogen and oxygen atoms in total. The van der Waals surface area contributed by atoms with Crippen LogP contribution >= 0.6 is 0 Å². The number of ether oxygens (including phenoxy) is 2. The van der Waals surface area contributed by atoms with Crippen LogP contribution in [0.4, 0.5) is 26.7 Å². The highest BCUT2D eigenvalue weighted by Crippen LogP contribution is 2.45. The summed E-state index contributed by atoms with van der Waals surface area (Å²) in [5, 5.41) is 1.65. The van der Waals surface area contributed by atoms with Crippen molar-refractivity contribution in [3.05, 3.63) is 131 Å². The summed E-state index contributed by atoms with van der Waals surface area (Å²) in [6.07, 6.45) is -1.03. The number of carbonyl (C=O) groups is 1. The molecule has 2 aliphatic heterocycles. The molecule has 7 rings (SSSR count). The van der Waals surface area contributed by atoms with E-state index in [0.29, 0.717) is 22.2 Å². The Bertz CT molecular complexity index is 2260. The van der Waals surface area contributed by atoms with Gasteiger partial charge in [-0.25, -0.2) is 26.7 Å². The van der Waals surface area contributed by atoms with Crippen molar-refractivity contribution in [3.63, 3.8) is 0 Å². The Morgan fingerprint density at radius 2 is 1.45 bits per heavy atom. The van der Waals surface area contributed by atoms with Gasteiger partial charge in [-0.05, 0) is 91.0 Å². The zero-order chi connectivity index (χ0) is 43.4. The first-order valence-corrected chi connectivity index (χ1v) is 22.3. The Kier molecular flexibility index (Phi) is 11.9. The number of fused-ring (bicyclic) bond motifs is 3. The van der Waals surface area contributed by atoms with E-state index in [-0.39, 0.29) is 31.0 Å². The molecule has 2 aliphatic rings. The second kappa shape index (κ2) is 16.4. The fourth-order valence-electron chi connectivity index (χ4n) is 9.18. The molecule has 60 heavy (non-hydrogen) atoms. The van der Waals surface area contributed by atoms with Gasteiger partial charge in [-0.2, -0.15) is 0 Å². The van der Waals surface area contributed by atoms with Crippen LogP contribution in [0.5, 0.6) is 0 Å². The number of hydrogen-bond donors (Lipinski definition) is 1. The molecule has 1 saturated heterocycles. The van der Waals surface area contributed by atoms with E-state index >= 15 is 17.6 Å². The lowest BCUT2D eigenvalue weighted by Gasteiger charge is -2.45. The van der Waals surface area contributed by atoms with Crippen molar-refractivity contribution in [1.82, 2.24) is 14.8 Å². The summed E-state index contributed by atoms with van der Waals surface area (Å²) < 4.78 is 100. The van der Waals surface area contributed by atoms with Crippen molar-refractivity contribution in [3.8, 4) is 0 Å². The summed E-state index contributed by atoms with van der Waals surface area (Å²) in [6, 6.07) is 23.6. The highest BCUT2D eigenvalue weighted by Gasteiger charge is 2.53. The van der Waals surface area contributed by atoms with Crippen LogP contribution in [0.1, 0.15) is 83.0 Å². The lowest BCUT2D eigenvalue weighted by Crippen LogP contribution is -2.67. The van der Waals surface area contributed by atoms with Crippen molar-refractivity contribution in [2.45, 2.75) is 89.6 Å². The summed E-state index contributed by atoms with van der Waals surface area (Å²) in [5.74, 6) is -6.14. The number of alkyl halides is 2. The predicted molar refractivity (Wildman–Crippen MR) is 226 cm³/mol. The van der Waals surface area contributed by atoms with Gasteiger partial charge in [0.25, 0.3) is 14.2 Å². The normalized spacial score (nSPS) is 18.6. The van der Waals surface area contributed by atoms with E-state index in [1.807, 2.05) is 81.4 Å². The van der Waals surface area contributed by atoms with Gasteiger partial charge in [-0.15, -0.1) is 0 Å². The molecule has 4 aromatic carbocycles. The van der Waals surface area contributed by atoms with E-state index in [0.717, 1.165) is 10.4 Å². The van der Waals surface area contributed by atoms with E-state index in [2.05, 4.69) is 4.98 Å². The molecule has 1 unspecified atom stereocenters. The van der Waals surface area contributed by atoms with Crippen LogP contribution in [0.2, 0.25) is 5.04 Å². The maximum absolute atomic E-state index is 16.9. The number of amides is 1. The Morgan fingerprint density at radius 1 is 0.867 bits per heavy atom. The van der Waals surface area contributed by atoms with Gasteiger partial charge >= 0.3 is 6.09 Å². The standard InChI is InChI=1S/C47H54F5N3O4Si/c1-29-21-36-35-24-32(48)19-20-39(35)53-41(36)42(40-37(49)22-30(23-38(40)50)43(57-8)31-25-54(26-31)44(56)59-45(2,3)4)55(29)27-47(51,52)28-58-60(46(5,6)7,33-15-11-9-12-16-33)34-17-13-10-14-18-34/h9-20,22-24,29,31,42-43,53H,21,25-28H2,1-8H3/t29-,42-,43?/m1/s1. The summed E-state index contributed by atoms with van der Waals surface area (Å²) in [7, 11) is -1.94. The zero-order valence-corrected chi connectivity index (χ0v) is 36.4. The smallest absolute Gasteiger partial charge is 0.410 e. The van der Waals surface area contributed by atoms with E-state index in [9.17, 15) is 9.18 Å². The monoisotopic (exact) mass is 847 g/mol. The van der Waals surface area contributed by atoms with E-state index in [1.54, 1.807) is 33.8 Å². The van der Waals surface area contributed by atoms with Crippen molar-refractivity contribution >= 4 is 35.7 Å². The molecule has 320 valence electrons. The number of H-pyrrole nitrogens is 1. The number of carbonyl (C=O) groups excluding carboxylic acids is 1. The van der Waals surface area contributed by atoms with Crippen molar-refractivity contribution in [2.75, 3.05) is 33.4 Å². The minimum atomic E-state index is -3.49. The summed E-state index contributed by atoms with van der Waals surface area (Å²) in [5.41, 5.74) is 0.565. The number of nitrogens with one attached hydrogen (secondary N) is 1. The molecule has 1 aromatic heterocycles. The molecule has 0 aliphatic carbocycles. The first kappa shape index (κ1) is 43.5. The molecule has 3 atom stereocenters. The van der Waals surface area contributed by atoms with E-state index in [4.69, 9.17) is 13.9 Å². The molecule has 0 saturated carbocycles. The third-order valence-electron chi connectivity index (χ3n) is 11.8.